The third-order valence-corrected chi connectivity index (χ3v) is 3.04. The Morgan fingerprint density at radius 1 is 1.33 bits per heavy atom. The Morgan fingerprint density at radius 3 is 2.72 bits per heavy atom. The van der Waals surface area contributed by atoms with Gasteiger partial charge in [-0.3, -0.25) is 0 Å². The minimum absolute atomic E-state index is 0.623. The maximum absolute atomic E-state index is 5.57. The monoisotopic (exact) mass is 245 g/mol. The highest BCUT2D eigenvalue weighted by Crippen LogP contribution is 2.25. The number of imidazole rings is 1. The zero-order valence-electron chi connectivity index (χ0n) is 11.1. The molecular formula is C14H19N3O. The Hall–Kier alpha value is -1.81. The Morgan fingerprint density at radius 2 is 2.11 bits per heavy atom. The lowest BCUT2D eigenvalue weighted by Gasteiger charge is -2.05. The molecule has 4 heteroatoms. The molecule has 0 fully saturated rings. The molecule has 1 heterocycles. The molecule has 2 aromatic rings. The van der Waals surface area contributed by atoms with E-state index < -0.39 is 0 Å². The highest BCUT2D eigenvalue weighted by molar-refractivity contribution is 5.61. The van der Waals surface area contributed by atoms with E-state index >= 15 is 0 Å². The number of nitrogens with two attached hydrogens (primary N) is 1. The first kappa shape index (κ1) is 12.6. The zero-order chi connectivity index (χ0) is 13.1. The average Bonchev–Trinajstić information content (AvgIpc) is 2.71. The summed E-state index contributed by atoms with van der Waals surface area (Å²) in [6, 6.07) is 6.09. The maximum atomic E-state index is 5.57. The highest BCUT2D eigenvalue weighted by Gasteiger charge is 2.07. The molecule has 0 spiro atoms. The van der Waals surface area contributed by atoms with Gasteiger partial charge in [0.25, 0.3) is 0 Å². The predicted molar refractivity (Wildman–Crippen MR) is 72.7 cm³/mol. The summed E-state index contributed by atoms with van der Waals surface area (Å²) in [7, 11) is 1.68. The second-order valence-corrected chi connectivity index (χ2v) is 4.34. The van der Waals surface area contributed by atoms with Crippen molar-refractivity contribution >= 4 is 0 Å². The lowest BCUT2D eigenvalue weighted by Crippen LogP contribution is -2.10. The van der Waals surface area contributed by atoms with Gasteiger partial charge in [-0.25, -0.2) is 4.98 Å². The van der Waals surface area contributed by atoms with Crippen molar-refractivity contribution in [2.75, 3.05) is 13.7 Å². The van der Waals surface area contributed by atoms with Gasteiger partial charge in [-0.1, -0.05) is 0 Å². The lowest BCUT2D eigenvalue weighted by molar-refractivity contribution is 0.412. The molecule has 96 valence electrons. The molecule has 0 saturated heterocycles. The summed E-state index contributed by atoms with van der Waals surface area (Å²) < 4.78 is 7.34. The van der Waals surface area contributed by atoms with Crippen LogP contribution in [-0.4, -0.2) is 23.2 Å². The maximum Gasteiger partial charge on any atom is 0.121 e. The standard InChI is InChI=1S/C14H19N3O/c1-10-8-12(4-5-14(10)18-3)13-9-17(7-6-15)11(2)16-13/h4-5,8-9H,6-7,15H2,1-3H3. The van der Waals surface area contributed by atoms with Crippen LogP contribution in [0.1, 0.15) is 11.4 Å². The van der Waals surface area contributed by atoms with Crippen LogP contribution in [0.4, 0.5) is 0 Å². The van der Waals surface area contributed by atoms with Gasteiger partial charge in [-0.15, -0.1) is 0 Å². The fraction of sp³-hybridized carbons (Fsp3) is 0.357. The van der Waals surface area contributed by atoms with Gasteiger partial charge in [0.05, 0.1) is 12.8 Å². The summed E-state index contributed by atoms with van der Waals surface area (Å²) in [6.45, 7) is 5.45. The largest absolute Gasteiger partial charge is 0.496 e. The topological polar surface area (TPSA) is 53.1 Å². The van der Waals surface area contributed by atoms with Gasteiger partial charge in [0, 0.05) is 24.8 Å². The lowest BCUT2D eigenvalue weighted by atomic mass is 10.1. The minimum atomic E-state index is 0.623. The summed E-state index contributed by atoms with van der Waals surface area (Å²) in [6.07, 6.45) is 2.05. The number of aromatic nitrogens is 2. The molecular weight excluding hydrogens is 226 g/mol. The molecule has 2 rings (SSSR count). The van der Waals surface area contributed by atoms with E-state index in [0.29, 0.717) is 6.54 Å². The van der Waals surface area contributed by atoms with Gasteiger partial charge in [-0.05, 0) is 37.6 Å². The first-order chi connectivity index (χ1) is 8.65. The quantitative estimate of drug-likeness (QED) is 0.897. The molecule has 0 bridgehead atoms. The van der Waals surface area contributed by atoms with Crippen LogP contribution < -0.4 is 10.5 Å². The van der Waals surface area contributed by atoms with E-state index in [0.717, 1.165) is 34.9 Å². The molecule has 2 N–H and O–H groups in total. The second-order valence-electron chi connectivity index (χ2n) is 4.34. The minimum Gasteiger partial charge on any atom is -0.496 e. The van der Waals surface area contributed by atoms with E-state index in [1.807, 2.05) is 32.2 Å². The first-order valence-electron chi connectivity index (χ1n) is 6.04. The van der Waals surface area contributed by atoms with Gasteiger partial charge in [0.1, 0.15) is 11.6 Å². The van der Waals surface area contributed by atoms with Crippen molar-refractivity contribution in [3.05, 3.63) is 35.8 Å². The van der Waals surface area contributed by atoms with Crippen molar-refractivity contribution in [1.82, 2.24) is 9.55 Å². The molecule has 0 unspecified atom stereocenters. The molecule has 18 heavy (non-hydrogen) atoms. The third kappa shape index (κ3) is 2.38. The van der Waals surface area contributed by atoms with E-state index in [4.69, 9.17) is 10.5 Å². The van der Waals surface area contributed by atoms with Crippen LogP contribution in [0.5, 0.6) is 5.75 Å². The van der Waals surface area contributed by atoms with E-state index in [9.17, 15) is 0 Å². The highest BCUT2D eigenvalue weighted by atomic mass is 16.5. The van der Waals surface area contributed by atoms with Crippen LogP contribution in [0.3, 0.4) is 0 Å². The molecule has 0 atom stereocenters. The van der Waals surface area contributed by atoms with Crippen LogP contribution in [0.25, 0.3) is 11.3 Å². The number of hydrogen-bond acceptors (Lipinski definition) is 3. The summed E-state index contributed by atoms with van der Waals surface area (Å²) in [5.41, 5.74) is 8.77. The van der Waals surface area contributed by atoms with Crippen molar-refractivity contribution in [3.8, 4) is 17.0 Å². The molecule has 0 aliphatic rings. The smallest absolute Gasteiger partial charge is 0.121 e. The van der Waals surface area contributed by atoms with Crippen molar-refractivity contribution < 1.29 is 4.74 Å². The normalized spacial score (nSPS) is 10.7. The molecule has 0 saturated carbocycles. The van der Waals surface area contributed by atoms with Gasteiger partial charge >= 0.3 is 0 Å². The van der Waals surface area contributed by atoms with Crippen molar-refractivity contribution in [1.29, 1.82) is 0 Å². The first-order valence-corrected chi connectivity index (χ1v) is 6.04. The fourth-order valence-electron chi connectivity index (χ4n) is 2.05. The van der Waals surface area contributed by atoms with Crippen LogP contribution in [0.2, 0.25) is 0 Å². The molecule has 1 aromatic carbocycles. The van der Waals surface area contributed by atoms with E-state index in [2.05, 4.69) is 15.6 Å². The molecule has 4 nitrogen and oxygen atoms in total. The number of hydrogen-bond donors (Lipinski definition) is 1. The van der Waals surface area contributed by atoms with Crippen molar-refractivity contribution in [3.63, 3.8) is 0 Å². The summed E-state index contributed by atoms with van der Waals surface area (Å²) in [5.74, 6) is 1.89. The predicted octanol–water partition coefficient (Wildman–Crippen LogP) is 2.13. The SMILES string of the molecule is COc1ccc(-c2cn(CCN)c(C)n2)cc1C. The Labute approximate surface area is 107 Å². The van der Waals surface area contributed by atoms with Crippen LogP contribution in [0, 0.1) is 13.8 Å². The van der Waals surface area contributed by atoms with Crippen LogP contribution in [0.15, 0.2) is 24.4 Å². The number of aryl methyl sites for hydroxylation is 2. The number of methoxy groups -OCH3 is 1. The Balaban J connectivity index is 2.36. The molecule has 0 aliphatic carbocycles. The average molecular weight is 245 g/mol. The molecule has 0 aliphatic heterocycles. The van der Waals surface area contributed by atoms with Gasteiger partial charge in [-0.2, -0.15) is 0 Å². The fourth-order valence-corrected chi connectivity index (χ4v) is 2.05. The van der Waals surface area contributed by atoms with Crippen LogP contribution in [-0.2, 0) is 6.54 Å². The molecule has 0 amide bonds. The third-order valence-electron chi connectivity index (χ3n) is 3.04. The van der Waals surface area contributed by atoms with E-state index in [-0.39, 0.29) is 0 Å². The summed E-state index contributed by atoms with van der Waals surface area (Å²) in [5, 5.41) is 0. The van der Waals surface area contributed by atoms with Crippen molar-refractivity contribution in [2.24, 2.45) is 5.73 Å². The summed E-state index contributed by atoms with van der Waals surface area (Å²) >= 11 is 0. The van der Waals surface area contributed by atoms with E-state index in [1.54, 1.807) is 7.11 Å². The van der Waals surface area contributed by atoms with E-state index in [1.165, 1.54) is 0 Å². The second kappa shape index (κ2) is 5.23. The number of nitrogens with zero attached hydrogens (tertiary/aromatic N) is 2. The Kier molecular flexibility index (Phi) is 3.67. The number of ether oxygens (including phenoxy) is 1. The van der Waals surface area contributed by atoms with Gasteiger partial charge < -0.3 is 15.0 Å². The Bertz CT molecular complexity index is 546. The number of rotatable bonds is 4. The van der Waals surface area contributed by atoms with Crippen molar-refractivity contribution in [2.45, 2.75) is 20.4 Å². The number of benzene rings is 1. The summed E-state index contributed by atoms with van der Waals surface area (Å²) in [4.78, 5) is 4.56. The molecule has 1 aromatic heterocycles. The zero-order valence-corrected chi connectivity index (χ0v) is 11.1. The molecule has 0 radical (unpaired) electrons. The van der Waals surface area contributed by atoms with Gasteiger partial charge in [0.2, 0.25) is 0 Å². The van der Waals surface area contributed by atoms with Crippen LogP contribution >= 0.6 is 0 Å². The van der Waals surface area contributed by atoms with Gasteiger partial charge in [0.15, 0.2) is 0 Å².